The summed E-state index contributed by atoms with van der Waals surface area (Å²) in [6.45, 7) is 1.83. The number of pyridine rings is 1. The Labute approximate surface area is 200 Å². The van der Waals surface area contributed by atoms with Gasteiger partial charge < -0.3 is 15.1 Å². The van der Waals surface area contributed by atoms with E-state index in [1.165, 1.54) is 18.2 Å². The Bertz CT molecular complexity index is 1220. The summed E-state index contributed by atoms with van der Waals surface area (Å²) in [6.07, 6.45) is -2.57. The van der Waals surface area contributed by atoms with Gasteiger partial charge >= 0.3 is 6.18 Å². The average Bonchev–Trinajstić information content (AvgIpc) is 2.86. The highest BCUT2D eigenvalue weighted by atomic mass is 19.4. The molecule has 0 spiro atoms. The molecule has 2 aliphatic heterocycles. The molecule has 9 heteroatoms. The largest absolute Gasteiger partial charge is 0.416 e. The Morgan fingerprint density at radius 2 is 1.91 bits per heavy atom. The number of hydrogen-bond donors (Lipinski definition) is 1. The van der Waals surface area contributed by atoms with E-state index in [1.807, 2.05) is 23.1 Å². The van der Waals surface area contributed by atoms with E-state index in [-0.39, 0.29) is 24.9 Å². The Morgan fingerprint density at radius 1 is 1.06 bits per heavy atom. The van der Waals surface area contributed by atoms with E-state index < -0.39 is 23.5 Å². The van der Waals surface area contributed by atoms with Crippen LogP contribution in [0.15, 0.2) is 66.9 Å². The molecule has 35 heavy (non-hydrogen) atoms. The van der Waals surface area contributed by atoms with Gasteiger partial charge in [-0.3, -0.25) is 4.79 Å². The van der Waals surface area contributed by atoms with Crippen molar-refractivity contribution in [3.63, 3.8) is 0 Å². The Kier molecular flexibility index (Phi) is 6.08. The molecule has 1 N–H and O–H groups in total. The number of benzene rings is 2. The standard InChI is InChI=1S/C26H24F4N4O/c27-20-5-3-4-17(12-20)15-32-25(35)21-14-18-13-19(26(28,29)30)7-8-22(18)34-11-10-33(16-23(21)34)24-6-1-2-9-31-24/h1-9,12-13,21,23H,10-11,14-16H2,(H,32,35). The molecule has 0 radical (unpaired) electrons. The van der Waals surface area contributed by atoms with Gasteiger partial charge in [-0.25, -0.2) is 9.37 Å². The normalized spacial score (nSPS) is 19.7. The Balaban J connectivity index is 1.44. The van der Waals surface area contributed by atoms with Crippen LogP contribution in [0.25, 0.3) is 0 Å². The molecule has 5 rings (SSSR count). The predicted molar refractivity (Wildman–Crippen MR) is 124 cm³/mol. The van der Waals surface area contributed by atoms with Gasteiger partial charge in [0.15, 0.2) is 0 Å². The van der Waals surface area contributed by atoms with Gasteiger partial charge in [0.1, 0.15) is 11.6 Å². The molecule has 2 aromatic carbocycles. The summed E-state index contributed by atoms with van der Waals surface area (Å²) >= 11 is 0. The van der Waals surface area contributed by atoms with E-state index in [2.05, 4.69) is 15.2 Å². The Morgan fingerprint density at radius 3 is 2.66 bits per heavy atom. The van der Waals surface area contributed by atoms with Crippen LogP contribution >= 0.6 is 0 Å². The highest BCUT2D eigenvalue weighted by molar-refractivity contribution is 5.82. The number of rotatable bonds is 4. The maximum Gasteiger partial charge on any atom is 0.416 e. The van der Waals surface area contributed by atoms with E-state index >= 15 is 0 Å². The van der Waals surface area contributed by atoms with Crippen molar-refractivity contribution in [3.05, 3.63) is 89.4 Å². The third-order valence-corrected chi connectivity index (χ3v) is 6.70. The van der Waals surface area contributed by atoms with Crippen molar-refractivity contribution in [1.29, 1.82) is 0 Å². The molecule has 3 aromatic rings. The van der Waals surface area contributed by atoms with Crippen LogP contribution < -0.4 is 15.1 Å². The lowest BCUT2D eigenvalue weighted by molar-refractivity contribution is -0.137. The molecular formula is C26H24F4N4O. The minimum Gasteiger partial charge on any atom is -0.364 e. The van der Waals surface area contributed by atoms with Crippen molar-refractivity contribution in [3.8, 4) is 0 Å². The Hall–Kier alpha value is -3.62. The second kappa shape index (κ2) is 9.20. The third-order valence-electron chi connectivity index (χ3n) is 6.70. The van der Waals surface area contributed by atoms with Gasteiger partial charge in [-0.1, -0.05) is 18.2 Å². The van der Waals surface area contributed by atoms with Crippen molar-refractivity contribution < 1.29 is 22.4 Å². The van der Waals surface area contributed by atoms with Gasteiger partial charge in [0, 0.05) is 38.1 Å². The fraction of sp³-hybridized carbons (Fsp3) is 0.308. The summed E-state index contributed by atoms with van der Waals surface area (Å²) in [5, 5.41) is 2.87. The van der Waals surface area contributed by atoms with Crippen molar-refractivity contribution >= 4 is 17.4 Å². The third kappa shape index (κ3) is 4.80. The highest BCUT2D eigenvalue weighted by Gasteiger charge is 2.43. The number of halogens is 4. The first-order valence-electron chi connectivity index (χ1n) is 11.4. The molecule has 1 aromatic heterocycles. The molecule has 1 fully saturated rings. The van der Waals surface area contributed by atoms with Crippen LogP contribution in [0.4, 0.5) is 29.1 Å². The number of alkyl halides is 3. The first-order chi connectivity index (χ1) is 16.8. The number of amides is 1. The molecule has 0 aliphatic carbocycles. The summed E-state index contributed by atoms with van der Waals surface area (Å²) < 4.78 is 53.7. The molecule has 5 nitrogen and oxygen atoms in total. The van der Waals surface area contributed by atoms with Crippen molar-refractivity contribution in [2.75, 3.05) is 29.4 Å². The van der Waals surface area contributed by atoms with Gasteiger partial charge in [-0.2, -0.15) is 13.2 Å². The molecule has 2 atom stereocenters. The van der Waals surface area contributed by atoms with Crippen molar-refractivity contribution in [1.82, 2.24) is 10.3 Å². The molecule has 182 valence electrons. The lowest BCUT2D eigenvalue weighted by atomic mass is 9.82. The van der Waals surface area contributed by atoms with Crippen molar-refractivity contribution in [2.45, 2.75) is 25.2 Å². The number of aromatic nitrogens is 1. The summed E-state index contributed by atoms with van der Waals surface area (Å²) in [7, 11) is 0. The van der Waals surface area contributed by atoms with Crippen LogP contribution in [0.3, 0.4) is 0 Å². The number of carbonyl (C=O) groups is 1. The maximum absolute atomic E-state index is 13.5. The topological polar surface area (TPSA) is 48.5 Å². The molecule has 2 aliphatic rings. The van der Waals surface area contributed by atoms with Gasteiger partial charge in [0.25, 0.3) is 0 Å². The molecule has 0 saturated carbocycles. The predicted octanol–water partition coefficient (Wildman–Crippen LogP) is 4.42. The maximum atomic E-state index is 13.5. The molecule has 1 saturated heterocycles. The lowest BCUT2D eigenvalue weighted by Crippen LogP contribution is -2.61. The summed E-state index contributed by atoms with van der Waals surface area (Å²) in [5.74, 6) is -0.446. The minimum absolute atomic E-state index is 0.138. The van der Waals surface area contributed by atoms with Crippen LogP contribution in [0, 0.1) is 11.7 Å². The fourth-order valence-electron chi connectivity index (χ4n) is 5.02. The highest BCUT2D eigenvalue weighted by Crippen LogP contribution is 2.40. The zero-order valence-electron chi connectivity index (χ0n) is 18.8. The van der Waals surface area contributed by atoms with Crippen molar-refractivity contribution in [2.24, 2.45) is 5.92 Å². The number of piperazine rings is 1. The summed E-state index contributed by atoms with van der Waals surface area (Å²) in [6, 6.07) is 15.1. The average molecular weight is 484 g/mol. The number of nitrogens with zero attached hydrogens (tertiary/aromatic N) is 3. The molecule has 3 heterocycles. The molecule has 2 unspecified atom stereocenters. The van der Waals surface area contributed by atoms with Gasteiger partial charge in [-0.05, 0) is 60.0 Å². The van der Waals surface area contributed by atoms with E-state index in [1.54, 1.807) is 18.3 Å². The van der Waals surface area contributed by atoms with E-state index in [4.69, 9.17) is 0 Å². The zero-order chi connectivity index (χ0) is 24.6. The van der Waals surface area contributed by atoms with E-state index in [0.717, 1.165) is 23.6 Å². The molecule has 1 amide bonds. The second-order valence-corrected chi connectivity index (χ2v) is 8.89. The summed E-state index contributed by atoms with van der Waals surface area (Å²) in [5.41, 5.74) is 1.14. The number of carbonyl (C=O) groups excluding carboxylic acids is 1. The first-order valence-corrected chi connectivity index (χ1v) is 11.4. The summed E-state index contributed by atoms with van der Waals surface area (Å²) in [4.78, 5) is 21.9. The van der Waals surface area contributed by atoms with Crippen LogP contribution in [0.1, 0.15) is 16.7 Å². The monoisotopic (exact) mass is 484 g/mol. The quantitative estimate of drug-likeness (QED) is 0.557. The second-order valence-electron chi connectivity index (χ2n) is 8.89. The smallest absolute Gasteiger partial charge is 0.364 e. The van der Waals surface area contributed by atoms with E-state index in [0.29, 0.717) is 30.8 Å². The van der Waals surface area contributed by atoms with E-state index in [9.17, 15) is 22.4 Å². The van der Waals surface area contributed by atoms with Crippen LogP contribution in [-0.2, 0) is 23.9 Å². The first kappa shape index (κ1) is 23.1. The number of fused-ring (bicyclic) bond motifs is 3. The lowest BCUT2D eigenvalue weighted by Gasteiger charge is -2.49. The van der Waals surface area contributed by atoms with Gasteiger partial charge in [-0.15, -0.1) is 0 Å². The minimum atomic E-state index is -4.46. The van der Waals surface area contributed by atoms with Crippen LogP contribution in [-0.4, -0.2) is 36.6 Å². The zero-order valence-corrected chi connectivity index (χ0v) is 18.8. The van der Waals surface area contributed by atoms with Crippen LogP contribution in [0.5, 0.6) is 0 Å². The number of hydrogen-bond acceptors (Lipinski definition) is 4. The molecular weight excluding hydrogens is 460 g/mol. The van der Waals surface area contributed by atoms with Gasteiger partial charge in [0.05, 0.1) is 17.5 Å². The van der Waals surface area contributed by atoms with Crippen LogP contribution in [0.2, 0.25) is 0 Å². The SMILES string of the molecule is O=C(NCc1cccc(F)c1)C1Cc2cc(C(F)(F)F)ccc2N2CCN(c3ccccn3)CC12. The number of anilines is 2. The molecule has 0 bridgehead atoms. The fourth-order valence-corrected chi connectivity index (χ4v) is 5.02. The number of nitrogens with one attached hydrogen (secondary N) is 1. The van der Waals surface area contributed by atoms with Gasteiger partial charge in [0.2, 0.25) is 5.91 Å².